The minimum Gasteiger partial charge on any atom is -0.469 e. The second-order valence-electron chi connectivity index (χ2n) is 7.20. The van der Waals surface area contributed by atoms with Crippen molar-refractivity contribution < 1.29 is 14.5 Å². The predicted octanol–water partition coefficient (Wildman–Crippen LogP) is 1.65. The molecule has 22 heavy (non-hydrogen) atoms. The van der Waals surface area contributed by atoms with Crippen molar-refractivity contribution in [3.05, 3.63) is 16.4 Å². The molecule has 0 aliphatic heterocycles. The summed E-state index contributed by atoms with van der Waals surface area (Å²) in [5.74, 6) is 0.413. The molecule has 118 valence electrons. The van der Waals surface area contributed by atoms with Crippen molar-refractivity contribution in [2.45, 2.75) is 44.1 Å². The lowest BCUT2D eigenvalue weighted by Gasteiger charge is -2.59. The number of esters is 1. The summed E-state index contributed by atoms with van der Waals surface area (Å²) in [6.07, 6.45) is 6.82. The molecular formula is C14H18N4O4. The smallest absolute Gasteiger partial charge is 0.469 e. The Bertz CT molecular complexity index is 641. The monoisotopic (exact) mass is 306 g/mol. The Morgan fingerprint density at radius 2 is 2.09 bits per heavy atom. The van der Waals surface area contributed by atoms with Crippen molar-refractivity contribution in [2.75, 3.05) is 7.11 Å². The molecule has 0 aromatic carbocycles. The number of hydrogen-bond donors (Lipinski definition) is 0. The number of carbonyl (C=O) groups excluding carboxylic acids is 1. The Kier molecular flexibility index (Phi) is 2.65. The van der Waals surface area contributed by atoms with Crippen LogP contribution in [0.1, 0.15) is 38.5 Å². The van der Waals surface area contributed by atoms with Crippen molar-refractivity contribution in [3.63, 3.8) is 0 Å². The second kappa shape index (κ2) is 4.27. The van der Waals surface area contributed by atoms with Crippen molar-refractivity contribution in [3.8, 4) is 0 Å². The van der Waals surface area contributed by atoms with E-state index in [1.54, 1.807) is 4.68 Å². The highest BCUT2D eigenvalue weighted by molar-refractivity contribution is 5.77. The summed E-state index contributed by atoms with van der Waals surface area (Å²) in [7, 11) is 1.44. The average Bonchev–Trinajstić information content (AvgIpc) is 2.95. The van der Waals surface area contributed by atoms with Crippen LogP contribution in [0.25, 0.3) is 0 Å². The number of aromatic nitrogens is 3. The Labute approximate surface area is 127 Å². The Hall–Kier alpha value is -1.99. The molecule has 0 radical (unpaired) electrons. The van der Waals surface area contributed by atoms with Crippen LogP contribution in [0.2, 0.25) is 0 Å². The molecule has 4 fully saturated rings. The van der Waals surface area contributed by atoms with Crippen LogP contribution >= 0.6 is 0 Å². The molecule has 4 aliphatic rings. The molecule has 8 nitrogen and oxygen atoms in total. The Morgan fingerprint density at radius 3 is 2.64 bits per heavy atom. The maximum atomic E-state index is 12.4. The van der Waals surface area contributed by atoms with Gasteiger partial charge in [-0.05, 0) is 55.3 Å². The van der Waals surface area contributed by atoms with E-state index in [2.05, 4.69) is 10.1 Å². The summed E-state index contributed by atoms with van der Waals surface area (Å²) in [5.41, 5.74) is -0.765. The van der Waals surface area contributed by atoms with Crippen LogP contribution in [0.15, 0.2) is 6.33 Å². The van der Waals surface area contributed by atoms with E-state index in [9.17, 15) is 14.9 Å². The van der Waals surface area contributed by atoms with Gasteiger partial charge in [0, 0.05) is 5.10 Å². The van der Waals surface area contributed by atoms with Crippen LogP contribution in [0.5, 0.6) is 0 Å². The molecule has 4 bridgehead atoms. The van der Waals surface area contributed by atoms with E-state index in [-0.39, 0.29) is 17.5 Å². The number of hydrogen-bond acceptors (Lipinski definition) is 6. The van der Waals surface area contributed by atoms with Gasteiger partial charge in [-0.3, -0.25) is 4.79 Å². The topological polar surface area (TPSA) is 100 Å². The minimum absolute atomic E-state index is 0.138. The van der Waals surface area contributed by atoms with Gasteiger partial charge in [-0.25, -0.2) is 0 Å². The first kappa shape index (κ1) is 13.7. The highest BCUT2D eigenvalue weighted by atomic mass is 16.6. The molecule has 1 aromatic rings. The first-order valence-corrected chi connectivity index (χ1v) is 7.61. The average molecular weight is 306 g/mol. The molecule has 4 saturated carbocycles. The van der Waals surface area contributed by atoms with E-state index in [4.69, 9.17) is 4.74 Å². The number of nitro groups is 1. The quantitative estimate of drug-likeness (QED) is 0.478. The van der Waals surface area contributed by atoms with Crippen LogP contribution in [-0.2, 0) is 15.1 Å². The lowest BCUT2D eigenvalue weighted by molar-refractivity contribution is -0.394. The van der Waals surface area contributed by atoms with E-state index in [0.717, 1.165) is 32.1 Å². The van der Waals surface area contributed by atoms with Gasteiger partial charge in [0.15, 0.2) is 0 Å². The van der Waals surface area contributed by atoms with Gasteiger partial charge in [0.2, 0.25) is 6.33 Å². The molecular weight excluding hydrogens is 288 g/mol. The fourth-order valence-corrected chi connectivity index (χ4v) is 5.50. The van der Waals surface area contributed by atoms with Gasteiger partial charge in [0.1, 0.15) is 0 Å². The van der Waals surface area contributed by atoms with E-state index in [0.29, 0.717) is 18.3 Å². The first-order valence-electron chi connectivity index (χ1n) is 7.61. The number of carbonyl (C=O) groups is 1. The number of nitrogens with zero attached hydrogens (tertiary/aromatic N) is 4. The second-order valence-corrected chi connectivity index (χ2v) is 7.20. The molecule has 0 spiro atoms. The van der Waals surface area contributed by atoms with Gasteiger partial charge in [0.05, 0.1) is 18.1 Å². The van der Waals surface area contributed by atoms with E-state index in [1.165, 1.54) is 13.4 Å². The Morgan fingerprint density at radius 1 is 1.41 bits per heavy atom. The van der Waals surface area contributed by atoms with Gasteiger partial charge >= 0.3 is 11.9 Å². The summed E-state index contributed by atoms with van der Waals surface area (Å²) in [5, 5.41) is 14.9. The fourth-order valence-electron chi connectivity index (χ4n) is 5.50. The number of methoxy groups -OCH3 is 1. The number of rotatable bonds is 3. The summed E-state index contributed by atoms with van der Waals surface area (Å²) in [4.78, 5) is 26.4. The molecule has 4 aliphatic carbocycles. The van der Waals surface area contributed by atoms with E-state index >= 15 is 0 Å². The first-order chi connectivity index (χ1) is 10.5. The van der Waals surface area contributed by atoms with Gasteiger partial charge < -0.3 is 14.9 Å². The summed E-state index contributed by atoms with van der Waals surface area (Å²) in [6.45, 7) is 0. The third-order valence-electron chi connectivity index (χ3n) is 5.78. The van der Waals surface area contributed by atoms with Crippen molar-refractivity contribution >= 4 is 11.9 Å². The van der Waals surface area contributed by atoms with Crippen LogP contribution < -0.4 is 0 Å². The summed E-state index contributed by atoms with van der Waals surface area (Å²) < 4.78 is 6.72. The molecule has 0 saturated heterocycles. The highest BCUT2D eigenvalue weighted by Gasteiger charge is 2.63. The molecule has 0 N–H and O–H groups in total. The Balaban J connectivity index is 1.75. The molecule has 2 unspecified atom stereocenters. The van der Waals surface area contributed by atoms with Crippen molar-refractivity contribution in [1.82, 2.24) is 14.8 Å². The molecule has 1 heterocycles. The SMILES string of the molecule is COC(=O)C12C[C@H]3C[C@@H](C1)CC(n1cnc([N+](=O)[O-])n1)(C3)C2. The fraction of sp³-hybridized carbons (Fsp3) is 0.786. The van der Waals surface area contributed by atoms with Crippen molar-refractivity contribution in [2.24, 2.45) is 17.3 Å². The standard InChI is InChI=1S/C14H18N4O4/c1-22-11(19)13-3-9-2-10(4-13)6-14(5-9,7-13)17-8-15-12(16-17)18(20)21/h8-10H,2-7H2,1H3/t9-,10+,13?,14?. The molecule has 4 atom stereocenters. The molecule has 1 aromatic heterocycles. The van der Waals surface area contributed by atoms with Gasteiger partial charge in [-0.1, -0.05) is 4.98 Å². The van der Waals surface area contributed by atoms with Gasteiger partial charge in [-0.2, -0.15) is 4.68 Å². The highest BCUT2D eigenvalue weighted by Crippen LogP contribution is 2.64. The van der Waals surface area contributed by atoms with E-state index in [1.807, 2.05) is 0 Å². The van der Waals surface area contributed by atoms with Crippen LogP contribution in [0.3, 0.4) is 0 Å². The zero-order chi connectivity index (χ0) is 15.5. The zero-order valence-corrected chi connectivity index (χ0v) is 12.4. The third-order valence-corrected chi connectivity index (χ3v) is 5.78. The predicted molar refractivity (Wildman–Crippen MR) is 73.8 cm³/mol. The lowest BCUT2D eigenvalue weighted by atomic mass is 9.47. The molecule has 0 amide bonds. The zero-order valence-electron chi connectivity index (χ0n) is 12.4. The van der Waals surface area contributed by atoms with Crippen LogP contribution in [0.4, 0.5) is 5.95 Å². The maximum Gasteiger partial charge on any atom is 0.490 e. The van der Waals surface area contributed by atoms with Gasteiger partial charge in [-0.15, -0.1) is 0 Å². The lowest BCUT2D eigenvalue weighted by Crippen LogP contribution is -2.59. The minimum atomic E-state index is -0.576. The summed E-state index contributed by atoms with van der Waals surface area (Å²) in [6, 6.07) is 0. The van der Waals surface area contributed by atoms with Crippen LogP contribution in [-0.4, -0.2) is 32.8 Å². The third kappa shape index (κ3) is 1.72. The number of ether oxygens (including phenoxy) is 1. The van der Waals surface area contributed by atoms with Crippen LogP contribution in [0, 0.1) is 27.4 Å². The summed E-state index contributed by atoms with van der Waals surface area (Å²) >= 11 is 0. The molecule has 8 heteroatoms. The molecule has 5 rings (SSSR count). The normalized spacial score (nSPS) is 39.0. The van der Waals surface area contributed by atoms with Gasteiger partial charge in [0.25, 0.3) is 0 Å². The largest absolute Gasteiger partial charge is 0.490 e. The maximum absolute atomic E-state index is 12.4. The van der Waals surface area contributed by atoms with E-state index < -0.39 is 10.3 Å². The van der Waals surface area contributed by atoms with Crippen molar-refractivity contribution in [1.29, 1.82) is 0 Å².